The highest BCUT2D eigenvalue weighted by Crippen LogP contribution is 2.21. The van der Waals surface area contributed by atoms with Crippen molar-refractivity contribution in [2.75, 3.05) is 34.4 Å². The first-order valence-corrected chi connectivity index (χ1v) is 9.97. The monoisotopic (exact) mass is 427 g/mol. The highest BCUT2D eigenvalue weighted by atomic mass is 16.6. The van der Waals surface area contributed by atoms with Crippen LogP contribution < -0.4 is 9.47 Å². The average Bonchev–Trinajstić information content (AvgIpc) is 2.75. The van der Waals surface area contributed by atoms with Gasteiger partial charge in [-0.05, 0) is 56.3 Å². The van der Waals surface area contributed by atoms with Crippen LogP contribution in [-0.2, 0) is 27.2 Å². The molecule has 0 fully saturated rings. The van der Waals surface area contributed by atoms with Crippen LogP contribution in [0.15, 0.2) is 60.7 Å². The summed E-state index contributed by atoms with van der Waals surface area (Å²) in [6.45, 7) is 0.602. The van der Waals surface area contributed by atoms with Gasteiger partial charge >= 0.3 is 11.9 Å². The number of carbonyl (C=O) groups excluding carboxylic acids is 1. The highest BCUT2D eigenvalue weighted by molar-refractivity contribution is 5.90. The summed E-state index contributed by atoms with van der Waals surface area (Å²) in [6, 6.07) is 15.7. The van der Waals surface area contributed by atoms with Crippen LogP contribution >= 0.6 is 0 Å². The maximum Gasteiger partial charge on any atom is 0.331 e. The molecule has 0 aromatic heterocycles. The third-order valence-corrected chi connectivity index (χ3v) is 4.45. The van der Waals surface area contributed by atoms with E-state index in [1.165, 1.54) is 5.56 Å². The number of ether oxygens (including phenoxy) is 3. The lowest BCUT2D eigenvalue weighted by Gasteiger charge is -2.22. The fraction of sp³-hybridized carbons (Fsp3) is 0.333. The van der Waals surface area contributed by atoms with Crippen LogP contribution in [0.5, 0.6) is 11.5 Å². The second kappa shape index (κ2) is 12.4. The molecule has 31 heavy (non-hydrogen) atoms. The number of likely N-dealkylation sites (N-methyl/N-ethyl adjacent to an activating group) is 1. The molecular formula is C24H29NO6. The molecule has 0 saturated heterocycles. The summed E-state index contributed by atoms with van der Waals surface area (Å²) >= 11 is 0. The summed E-state index contributed by atoms with van der Waals surface area (Å²) < 4.78 is 16.5. The van der Waals surface area contributed by atoms with Gasteiger partial charge in [0.25, 0.3) is 0 Å². The first kappa shape index (κ1) is 24.0. The summed E-state index contributed by atoms with van der Waals surface area (Å²) in [5.41, 5.74) is 2.25. The minimum Gasteiger partial charge on any atom is -0.497 e. The van der Waals surface area contributed by atoms with Gasteiger partial charge in [-0.1, -0.05) is 30.3 Å². The average molecular weight is 427 g/mol. The van der Waals surface area contributed by atoms with Crippen molar-refractivity contribution in [1.82, 2.24) is 4.90 Å². The summed E-state index contributed by atoms with van der Waals surface area (Å²) in [6.07, 6.45) is 2.75. The van der Waals surface area contributed by atoms with E-state index in [-0.39, 0.29) is 6.61 Å². The Morgan fingerprint density at radius 2 is 1.74 bits per heavy atom. The largest absolute Gasteiger partial charge is 0.497 e. The Balaban J connectivity index is 1.99. The van der Waals surface area contributed by atoms with E-state index in [1.54, 1.807) is 7.11 Å². The van der Waals surface area contributed by atoms with E-state index < -0.39 is 18.0 Å². The zero-order valence-electron chi connectivity index (χ0n) is 18.1. The zero-order chi connectivity index (χ0) is 22.6. The Kier molecular flexibility index (Phi) is 9.58. The van der Waals surface area contributed by atoms with Crippen molar-refractivity contribution in [1.29, 1.82) is 0 Å². The number of aliphatic carboxylic acids is 1. The van der Waals surface area contributed by atoms with Gasteiger partial charge in [0, 0.05) is 18.7 Å². The number of hydrogen-bond acceptors (Lipinski definition) is 6. The Hall–Kier alpha value is -3.32. The predicted molar refractivity (Wildman–Crippen MR) is 118 cm³/mol. The van der Waals surface area contributed by atoms with Crippen LogP contribution in [0.25, 0.3) is 0 Å². The van der Waals surface area contributed by atoms with Crippen LogP contribution in [0.2, 0.25) is 0 Å². The van der Waals surface area contributed by atoms with E-state index in [9.17, 15) is 9.59 Å². The van der Waals surface area contributed by atoms with Crippen molar-refractivity contribution >= 4 is 11.9 Å². The standard InChI is InChI=1S/C24H29NO6/c1-25(2)16-21(31-24(28)15-14-23(26)27)17-30-22-7-5-4-6-19(22)11-8-18-9-12-20(29-3)13-10-18/h4-7,9-10,12-15,21H,8,11,16-17H2,1-3H3,(H,26,27)/b15-14+/t21-/m0/s1. The minimum absolute atomic E-state index is 0.157. The summed E-state index contributed by atoms with van der Waals surface area (Å²) in [5, 5.41) is 8.65. The zero-order valence-corrected chi connectivity index (χ0v) is 18.1. The number of carboxylic acids is 1. The number of nitrogens with zero attached hydrogens (tertiary/aromatic N) is 1. The van der Waals surface area contributed by atoms with Crippen molar-refractivity contribution in [3.8, 4) is 11.5 Å². The van der Waals surface area contributed by atoms with Gasteiger partial charge < -0.3 is 24.2 Å². The number of para-hydroxylation sites is 1. The Morgan fingerprint density at radius 1 is 1.03 bits per heavy atom. The van der Waals surface area contributed by atoms with Crippen LogP contribution in [-0.4, -0.2) is 62.4 Å². The molecule has 0 aliphatic rings. The molecule has 0 heterocycles. The number of esters is 1. The molecular weight excluding hydrogens is 398 g/mol. The van der Waals surface area contributed by atoms with Gasteiger partial charge in [-0.3, -0.25) is 0 Å². The molecule has 0 aliphatic heterocycles. The molecule has 2 aromatic carbocycles. The first-order chi connectivity index (χ1) is 14.9. The fourth-order valence-corrected chi connectivity index (χ4v) is 2.98. The maximum absolute atomic E-state index is 11.9. The minimum atomic E-state index is -1.21. The summed E-state index contributed by atoms with van der Waals surface area (Å²) in [7, 11) is 5.36. The third-order valence-electron chi connectivity index (χ3n) is 4.45. The Morgan fingerprint density at radius 3 is 2.39 bits per heavy atom. The smallest absolute Gasteiger partial charge is 0.331 e. The molecule has 0 amide bonds. The van der Waals surface area contributed by atoms with Gasteiger partial charge in [-0.2, -0.15) is 0 Å². The lowest BCUT2D eigenvalue weighted by Crippen LogP contribution is -2.34. The van der Waals surface area contributed by atoms with E-state index in [0.29, 0.717) is 6.54 Å². The van der Waals surface area contributed by atoms with E-state index in [4.69, 9.17) is 19.3 Å². The van der Waals surface area contributed by atoms with Gasteiger partial charge in [0.15, 0.2) is 0 Å². The molecule has 1 atom stereocenters. The van der Waals surface area contributed by atoms with Crippen molar-refractivity contribution in [3.63, 3.8) is 0 Å². The van der Waals surface area contributed by atoms with Crippen molar-refractivity contribution < 1.29 is 28.9 Å². The summed E-state index contributed by atoms with van der Waals surface area (Å²) in [5.74, 6) is -0.363. The van der Waals surface area contributed by atoms with Crippen molar-refractivity contribution in [3.05, 3.63) is 71.8 Å². The van der Waals surface area contributed by atoms with Gasteiger partial charge in [0.05, 0.1) is 7.11 Å². The van der Waals surface area contributed by atoms with Gasteiger partial charge in [0.1, 0.15) is 24.2 Å². The molecule has 0 spiro atoms. The van der Waals surface area contributed by atoms with Crippen LogP contribution in [0.4, 0.5) is 0 Å². The number of benzene rings is 2. The SMILES string of the molecule is COc1ccc(CCc2ccccc2OC[C@H](CN(C)C)OC(=O)/C=C/C(=O)O)cc1. The van der Waals surface area contributed by atoms with Crippen LogP contribution in [0.3, 0.4) is 0 Å². The quantitative estimate of drug-likeness (QED) is 0.412. The second-order valence-electron chi connectivity index (χ2n) is 7.26. The molecule has 0 saturated carbocycles. The van der Waals surface area contributed by atoms with Gasteiger partial charge in [0.2, 0.25) is 0 Å². The van der Waals surface area contributed by atoms with Crippen molar-refractivity contribution in [2.45, 2.75) is 18.9 Å². The van der Waals surface area contributed by atoms with E-state index in [1.807, 2.05) is 67.5 Å². The number of methoxy groups -OCH3 is 1. The highest BCUT2D eigenvalue weighted by Gasteiger charge is 2.16. The number of hydrogen-bond donors (Lipinski definition) is 1. The fourth-order valence-electron chi connectivity index (χ4n) is 2.98. The molecule has 2 aromatic rings. The van der Waals surface area contributed by atoms with E-state index >= 15 is 0 Å². The molecule has 1 N–H and O–H groups in total. The molecule has 7 heteroatoms. The number of rotatable bonds is 12. The van der Waals surface area contributed by atoms with E-state index in [2.05, 4.69) is 0 Å². The normalized spacial score (nSPS) is 12.0. The Labute approximate surface area is 182 Å². The summed E-state index contributed by atoms with van der Waals surface area (Å²) in [4.78, 5) is 24.3. The topological polar surface area (TPSA) is 85.3 Å². The van der Waals surface area contributed by atoms with Crippen LogP contribution in [0, 0.1) is 0 Å². The number of aryl methyl sites for hydroxylation is 2. The third kappa shape index (κ3) is 8.92. The molecule has 0 aliphatic carbocycles. The number of carboxylic acid groups (broad SMARTS) is 1. The second-order valence-corrected chi connectivity index (χ2v) is 7.26. The van der Waals surface area contributed by atoms with Crippen LogP contribution in [0.1, 0.15) is 11.1 Å². The predicted octanol–water partition coefficient (Wildman–Crippen LogP) is 2.97. The van der Waals surface area contributed by atoms with Crippen molar-refractivity contribution in [2.24, 2.45) is 0 Å². The lowest BCUT2D eigenvalue weighted by molar-refractivity contribution is -0.145. The molecule has 0 radical (unpaired) electrons. The van der Waals surface area contributed by atoms with Gasteiger partial charge in [-0.15, -0.1) is 0 Å². The maximum atomic E-state index is 11.9. The van der Waals surface area contributed by atoms with Gasteiger partial charge in [-0.25, -0.2) is 9.59 Å². The first-order valence-electron chi connectivity index (χ1n) is 9.97. The molecule has 2 rings (SSSR count). The van der Waals surface area contributed by atoms with E-state index in [0.717, 1.165) is 42.1 Å². The molecule has 0 bridgehead atoms. The molecule has 166 valence electrons. The molecule has 0 unspecified atom stereocenters. The number of carbonyl (C=O) groups is 2. The lowest BCUT2D eigenvalue weighted by atomic mass is 10.0. The Bertz CT molecular complexity index is 876. The molecule has 7 nitrogen and oxygen atoms in total.